The molecule has 1 fully saturated rings. The summed E-state index contributed by atoms with van der Waals surface area (Å²) in [6, 6.07) is 6.03. The zero-order valence-electron chi connectivity index (χ0n) is 12.3. The summed E-state index contributed by atoms with van der Waals surface area (Å²) in [5.41, 5.74) is 9.51. The van der Waals surface area contributed by atoms with Crippen LogP contribution in [-0.2, 0) is 19.7 Å². The van der Waals surface area contributed by atoms with Crippen molar-refractivity contribution in [1.29, 1.82) is 0 Å². The van der Waals surface area contributed by atoms with Crippen molar-refractivity contribution in [2.75, 3.05) is 0 Å². The van der Waals surface area contributed by atoms with Gasteiger partial charge in [-0.2, -0.15) is 0 Å². The smallest absolute Gasteiger partial charge is 0.359 e. The molecular weight excluding hydrogens is 324 g/mol. The lowest BCUT2D eigenvalue weighted by Crippen LogP contribution is -2.35. The molecule has 2 rings (SSSR count). The van der Waals surface area contributed by atoms with E-state index in [1.807, 2.05) is 0 Å². The average Bonchev–Trinajstić information content (AvgIpc) is 2.48. The van der Waals surface area contributed by atoms with Crippen molar-refractivity contribution in [3.8, 4) is 0 Å². The van der Waals surface area contributed by atoms with Gasteiger partial charge in [0.25, 0.3) is 19.7 Å². The molecule has 0 spiro atoms. The van der Waals surface area contributed by atoms with E-state index in [-0.39, 0.29) is 4.90 Å². The van der Waals surface area contributed by atoms with Crippen LogP contribution < -0.4 is 0 Å². The van der Waals surface area contributed by atoms with Crippen molar-refractivity contribution in [2.45, 2.75) is 49.2 Å². The first kappa shape index (κ1) is 16.9. The normalized spacial score (nSPS) is 17.0. The van der Waals surface area contributed by atoms with E-state index in [1.165, 1.54) is 12.1 Å². The molecule has 0 saturated heterocycles. The van der Waals surface area contributed by atoms with Gasteiger partial charge in [0, 0.05) is 0 Å². The van der Waals surface area contributed by atoms with Crippen molar-refractivity contribution >= 4 is 24.1 Å². The minimum absolute atomic E-state index is 0.151. The predicted molar refractivity (Wildman–Crippen MR) is 82.8 cm³/mol. The molecule has 120 valence electrons. The summed E-state index contributed by atoms with van der Waals surface area (Å²) in [5, 5.41) is -0.800. The Labute approximate surface area is 130 Å². The molecule has 1 aromatic rings. The summed E-state index contributed by atoms with van der Waals surface area (Å²) < 4.78 is 49.2. The highest BCUT2D eigenvalue weighted by Gasteiger charge is 2.47. The fraction of sp³-hybridized carbons (Fsp3) is 0.500. The third-order valence-electron chi connectivity index (χ3n) is 3.93. The Morgan fingerprint density at radius 1 is 1.09 bits per heavy atom. The van der Waals surface area contributed by atoms with Gasteiger partial charge in [0.05, 0.1) is 10.1 Å². The average molecular weight is 342 g/mol. The van der Waals surface area contributed by atoms with E-state index in [9.17, 15) is 16.8 Å². The van der Waals surface area contributed by atoms with Crippen LogP contribution in [0, 0.1) is 6.92 Å². The van der Waals surface area contributed by atoms with Crippen LogP contribution in [0.25, 0.3) is 5.53 Å². The van der Waals surface area contributed by atoms with E-state index in [1.54, 1.807) is 19.1 Å². The molecule has 0 N–H and O–H groups in total. The first-order valence-electron chi connectivity index (χ1n) is 7.08. The van der Waals surface area contributed by atoms with Gasteiger partial charge in [-0.25, -0.2) is 16.8 Å². The minimum Gasteiger partial charge on any atom is -0.359 e. The standard InChI is InChI=1S/C14H18N2O4S2/c1-11-7-5-6-10-13(11)22(19,20)14(16-15)21(17,18)12-8-3-2-4-9-12/h5-7,10,12H,2-4,8-9H2,1H3. The Kier molecular flexibility index (Phi) is 4.84. The zero-order chi connectivity index (χ0) is 16.4. The molecule has 0 heterocycles. The maximum absolute atomic E-state index is 12.6. The summed E-state index contributed by atoms with van der Waals surface area (Å²) in [7, 11) is -8.56. The number of benzene rings is 1. The molecule has 1 aliphatic carbocycles. The summed E-state index contributed by atoms with van der Waals surface area (Å²) in [4.78, 5) is 2.51. The van der Waals surface area contributed by atoms with E-state index in [2.05, 4.69) is 4.79 Å². The lowest BCUT2D eigenvalue weighted by molar-refractivity contribution is 0.00369. The van der Waals surface area contributed by atoms with E-state index >= 15 is 0 Å². The SMILES string of the molecule is Cc1ccccc1S(=O)(=O)C(=[N+]=[N-])S(=O)(=O)C1CCCCC1. The Morgan fingerprint density at radius 3 is 2.23 bits per heavy atom. The van der Waals surface area contributed by atoms with Crippen LogP contribution in [0.1, 0.15) is 37.7 Å². The lowest BCUT2D eigenvalue weighted by Gasteiger charge is -2.19. The Balaban J connectivity index is 2.53. The highest BCUT2D eigenvalue weighted by molar-refractivity contribution is 8.31. The van der Waals surface area contributed by atoms with Crippen LogP contribution in [0.4, 0.5) is 0 Å². The van der Waals surface area contributed by atoms with Crippen LogP contribution in [0.3, 0.4) is 0 Å². The minimum atomic E-state index is -4.38. The predicted octanol–water partition coefficient (Wildman–Crippen LogP) is 2.10. The van der Waals surface area contributed by atoms with Crippen LogP contribution in [0.2, 0.25) is 0 Å². The second-order valence-electron chi connectivity index (χ2n) is 5.44. The molecular formula is C14H18N2O4S2. The molecule has 6 nitrogen and oxygen atoms in total. The summed E-state index contributed by atoms with van der Waals surface area (Å²) in [6.45, 7) is 1.56. The highest BCUT2D eigenvalue weighted by atomic mass is 32.3. The topological polar surface area (TPSA) is 105 Å². The fourth-order valence-electron chi connectivity index (χ4n) is 2.73. The third-order valence-corrected chi connectivity index (χ3v) is 8.78. The van der Waals surface area contributed by atoms with E-state index in [4.69, 9.17) is 5.53 Å². The van der Waals surface area contributed by atoms with Crippen LogP contribution in [-0.4, -0.2) is 31.3 Å². The van der Waals surface area contributed by atoms with E-state index < -0.39 is 29.3 Å². The van der Waals surface area contributed by atoms with Crippen LogP contribution >= 0.6 is 0 Å². The summed E-state index contributed by atoms with van der Waals surface area (Å²) in [6.07, 6.45) is 3.18. The van der Waals surface area contributed by atoms with Gasteiger partial charge in [-0.3, -0.25) is 0 Å². The van der Waals surface area contributed by atoms with E-state index in [0.717, 1.165) is 19.3 Å². The molecule has 1 aromatic carbocycles. The third kappa shape index (κ3) is 2.99. The maximum atomic E-state index is 12.6. The van der Waals surface area contributed by atoms with Gasteiger partial charge in [0.15, 0.2) is 0 Å². The largest absolute Gasteiger partial charge is 0.499 e. The van der Waals surface area contributed by atoms with Crippen LogP contribution in [0.5, 0.6) is 0 Å². The van der Waals surface area contributed by atoms with Gasteiger partial charge in [-0.05, 0) is 31.4 Å². The van der Waals surface area contributed by atoms with Gasteiger partial charge in [0.2, 0.25) is 0 Å². The molecule has 0 radical (unpaired) electrons. The van der Waals surface area contributed by atoms with Gasteiger partial charge < -0.3 is 5.53 Å². The lowest BCUT2D eigenvalue weighted by atomic mass is 10.0. The van der Waals surface area contributed by atoms with Crippen LogP contribution in [0.15, 0.2) is 29.2 Å². The zero-order valence-corrected chi connectivity index (χ0v) is 13.9. The number of nitrogens with zero attached hydrogens (tertiary/aromatic N) is 2. The Bertz CT molecular complexity index is 816. The second kappa shape index (κ2) is 6.32. The Morgan fingerprint density at radius 2 is 1.68 bits per heavy atom. The fourth-order valence-corrected chi connectivity index (χ4v) is 7.03. The molecule has 0 aromatic heterocycles. The molecule has 22 heavy (non-hydrogen) atoms. The maximum Gasteiger partial charge on any atom is 0.499 e. The van der Waals surface area contributed by atoms with Crippen molar-refractivity contribution in [2.24, 2.45) is 0 Å². The molecule has 0 amide bonds. The monoisotopic (exact) mass is 342 g/mol. The molecule has 1 saturated carbocycles. The van der Waals surface area contributed by atoms with Gasteiger partial charge in [-0.1, -0.05) is 37.5 Å². The molecule has 8 heteroatoms. The van der Waals surface area contributed by atoms with Crippen molar-refractivity contribution in [3.63, 3.8) is 0 Å². The van der Waals surface area contributed by atoms with Crippen molar-refractivity contribution in [3.05, 3.63) is 35.4 Å². The molecule has 0 atom stereocenters. The number of hydrogen-bond acceptors (Lipinski definition) is 4. The number of hydrogen-bond donors (Lipinski definition) is 0. The second-order valence-corrected chi connectivity index (χ2v) is 9.68. The molecule has 0 bridgehead atoms. The summed E-state index contributed by atoms with van der Waals surface area (Å²) in [5.74, 6) is 0. The van der Waals surface area contributed by atoms with Gasteiger partial charge in [0.1, 0.15) is 0 Å². The molecule has 0 unspecified atom stereocenters. The van der Waals surface area contributed by atoms with Gasteiger partial charge >= 0.3 is 4.38 Å². The first-order chi connectivity index (χ1) is 10.3. The molecule has 1 aliphatic rings. The van der Waals surface area contributed by atoms with Gasteiger partial charge in [-0.15, -0.1) is 4.79 Å². The number of sulfone groups is 2. The highest BCUT2D eigenvalue weighted by Crippen LogP contribution is 2.28. The first-order valence-corrected chi connectivity index (χ1v) is 10.1. The van der Waals surface area contributed by atoms with E-state index in [0.29, 0.717) is 18.4 Å². The van der Waals surface area contributed by atoms with Crippen molar-refractivity contribution < 1.29 is 21.6 Å². The Hall–Kier alpha value is -1.50. The van der Waals surface area contributed by atoms with Crippen molar-refractivity contribution in [1.82, 2.24) is 0 Å². The summed E-state index contributed by atoms with van der Waals surface area (Å²) >= 11 is 0. The molecule has 0 aliphatic heterocycles. The number of rotatable bonds is 2. The quantitative estimate of drug-likeness (QED) is 0.355. The number of aryl methyl sites for hydroxylation is 1.